The number of nitrogens with one attached hydrogen (secondary N) is 1. The van der Waals surface area contributed by atoms with Gasteiger partial charge in [0, 0.05) is 18.3 Å². The Morgan fingerprint density at radius 3 is 2.73 bits per heavy atom. The maximum absolute atomic E-state index is 11.8. The second-order valence-electron chi connectivity index (χ2n) is 6.38. The summed E-state index contributed by atoms with van der Waals surface area (Å²) < 4.78 is 1.81. The fraction of sp³-hybridized carbons (Fsp3) is 0.647. The van der Waals surface area contributed by atoms with Gasteiger partial charge in [0.15, 0.2) is 12.6 Å². The van der Waals surface area contributed by atoms with Crippen molar-refractivity contribution >= 4 is 12.6 Å². The molecule has 22 heavy (non-hydrogen) atoms. The third-order valence-electron chi connectivity index (χ3n) is 4.83. The van der Waals surface area contributed by atoms with Gasteiger partial charge in [-0.05, 0) is 58.3 Å². The molecular weight excluding hydrogens is 278 g/mol. The van der Waals surface area contributed by atoms with Gasteiger partial charge < -0.3 is 4.57 Å². The monoisotopic (exact) mass is 305 g/mol. The van der Waals surface area contributed by atoms with Gasteiger partial charge in [-0.2, -0.15) is 0 Å². The van der Waals surface area contributed by atoms with E-state index >= 15 is 0 Å². The summed E-state index contributed by atoms with van der Waals surface area (Å²) in [4.78, 5) is 25.6. The molecule has 0 radical (unpaired) electrons. The summed E-state index contributed by atoms with van der Waals surface area (Å²) in [6.07, 6.45) is 4.09. The number of aryl methyl sites for hydroxylation is 2. The third-order valence-corrected chi connectivity index (χ3v) is 4.83. The van der Waals surface area contributed by atoms with Crippen molar-refractivity contribution in [3.8, 4) is 0 Å². The molecule has 0 aromatic carbocycles. The second-order valence-corrected chi connectivity index (χ2v) is 6.38. The molecule has 1 N–H and O–H groups in total. The zero-order valence-corrected chi connectivity index (χ0v) is 14.1. The van der Waals surface area contributed by atoms with Crippen LogP contribution in [0.25, 0.3) is 0 Å². The summed E-state index contributed by atoms with van der Waals surface area (Å²) in [5, 5.41) is 3.39. The first-order valence-electron chi connectivity index (χ1n) is 8.06. The number of nitrogens with zero attached hydrogens (tertiary/aromatic N) is 2. The Morgan fingerprint density at radius 2 is 2.14 bits per heavy atom. The molecule has 2 rings (SSSR count). The second kappa shape index (κ2) is 6.75. The molecule has 1 aromatic heterocycles. The Kier molecular flexibility index (Phi) is 5.19. The SMILES string of the molecule is CCN1CCCC1CNC(C)(C=O)n1c(C)cc(C)c1C=O. The van der Waals surface area contributed by atoms with Crippen LogP contribution < -0.4 is 5.32 Å². The smallest absolute Gasteiger partial charge is 0.166 e. The van der Waals surface area contributed by atoms with Crippen LogP contribution in [0.1, 0.15) is 48.4 Å². The molecule has 1 aliphatic heterocycles. The van der Waals surface area contributed by atoms with Crippen molar-refractivity contribution in [3.63, 3.8) is 0 Å². The van der Waals surface area contributed by atoms with Gasteiger partial charge in [0.05, 0.1) is 5.69 Å². The van der Waals surface area contributed by atoms with E-state index in [1.54, 1.807) is 0 Å². The van der Waals surface area contributed by atoms with E-state index in [0.29, 0.717) is 11.7 Å². The zero-order chi connectivity index (χ0) is 16.3. The Bertz CT molecular complexity index is 552. The molecule has 0 bridgehead atoms. The molecule has 0 amide bonds. The fourth-order valence-electron chi connectivity index (χ4n) is 3.62. The first-order valence-corrected chi connectivity index (χ1v) is 8.06. The molecule has 5 heteroatoms. The van der Waals surface area contributed by atoms with Crippen molar-refractivity contribution in [2.45, 2.75) is 52.2 Å². The maximum atomic E-state index is 11.8. The normalized spacial score (nSPS) is 21.7. The minimum atomic E-state index is -0.892. The summed E-state index contributed by atoms with van der Waals surface area (Å²) in [7, 11) is 0. The molecule has 0 spiro atoms. The van der Waals surface area contributed by atoms with Crippen LogP contribution in [-0.4, -0.2) is 47.7 Å². The highest BCUT2D eigenvalue weighted by molar-refractivity contribution is 5.77. The number of likely N-dealkylation sites (N-methyl/N-ethyl adjacent to an activating group) is 1. The molecule has 2 unspecified atom stereocenters. The predicted molar refractivity (Wildman–Crippen MR) is 87.3 cm³/mol. The first kappa shape index (κ1) is 16.9. The largest absolute Gasteiger partial charge is 0.317 e. The van der Waals surface area contributed by atoms with Crippen molar-refractivity contribution in [2.24, 2.45) is 0 Å². The van der Waals surface area contributed by atoms with Crippen molar-refractivity contribution in [1.29, 1.82) is 0 Å². The van der Waals surface area contributed by atoms with Crippen molar-refractivity contribution in [2.75, 3.05) is 19.6 Å². The lowest BCUT2D eigenvalue weighted by Gasteiger charge is -2.33. The average Bonchev–Trinajstić information content (AvgIpc) is 3.08. The van der Waals surface area contributed by atoms with Gasteiger partial charge >= 0.3 is 0 Å². The summed E-state index contributed by atoms with van der Waals surface area (Å²) in [5.74, 6) is 0. The predicted octanol–water partition coefficient (Wildman–Crippen LogP) is 1.86. The van der Waals surface area contributed by atoms with Crippen LogP contribution in [0, 0.1) is 13.8 Å². The lowest BCUT2D eigenvalue weighted by atomic mass is 10.1. The first-order chi connectivity index (χ1) is 10.5. The van der Waals surface area contributed by atoms with Crippen molar-refractivity contribution in [3.05, 3.63) is 23.0 Å². The van der Waals surface area contributed by atoms with E-state index in [-0.39, 0.29) is 0 Å². The van der Waals surface area contributed by atoms with Crippen LogP contribution in [0.4, 0.5) is 0 Å². The number of aldehydes is 2. The molecule has 1 aliphatic rings. The number of hydrogen-bond acceptors (Lipinski definition) is 4. The minimum Gasteiger partial charge on any atom is -0.317 e. The van der Waals surface area contributed by atoms with E-state index in [2.05, 4.69) is 17.1 Å². The Hall–Kier alpha value is -1.46. The van der Waals surface area contributed by atoms with Crippen LogP contribution in [-0.2, 0) is 10.5 Å². The maximum Gasteiger partial charge on any atom is 0.166 e. The fourth-order valence-corrected chi connectivity index (χ4v) is 3.62. The Labute approximate surface area is 132 Å². The molecule has 0 aliphatic carbocycles. The number of carbonyl (C=O) groups is 2. The summed E-state index contributed by atoms with van der Waals surface area (Å²) in [6, 6.07) is 2.40. The number of carbonyl (C=O) groups excluding carboxylic acids is 2. The summed E-state index contributed by atoms with van der Waals surface area (Å²) in [5.41, 5.74) is 1.49. The molecular formula is C17H27N3O2. The highest BCUT2D eigenvalue weighted by Gasteiger charge is 2.32. The highest BCUT2D eigenvalue weighted by Crippen LogP contribution is 2.22. The van der Waals surface area contributed by atoms with Crippen LogP contribution in [0.5, 0.6) is 0 Å². The molecule has 1 aromatic rings. The minimum absolute atomic E-state index is 0.459. The van der Waals surface area contributed by atoms with Crippen LogP contribution in [0.3, 0.4) is 0 Å². The number of rotatable bonds is 7. The molecule has 5 nitrogen and oxygen atoms in total. The average molecular weight is 305 g/mol. The molecule has 0 saturated carbocycles. The molecule has 122 valence electrons. The summed E-state index contributed by atoms with van der Waals surface area (Å²) >= 11 is 0. The zero-order valence-electron chi connectivity index (χ0n) is 14.1. The molecule has 1 saturated heterocycles. The van der Waals surface area contributed by atoms with E-state index in [1.165, 1.54) is 6.42 Å². The van der Waals surface area contributed by atoms with Gasteiger partial charge in [0.2, 0.25) is 0 Å². The third kappa shape index (κ3) is 3.01. The van der Waals surface area contributed by atoms with E-state index in [0.717, 1.165) is 49.9 Å². The van der Waals surface area contributed by atoms with Crippen LogP contribution >= 0.6 is 0 Å². The number of aromatic nitrogens is 1. The summed E-state index contributed by atoms with van der Waals surface area (Å²) in [6.45, 7) is 10.7. The number of hydrogen-bond donors (Lipinski definition) is 1. The van der Waals surface area contributed by atoms with Crippen molar-refractivity contribution < 1.29 is 9.59 Å². The van der Waals surface area contributed by atoms with Crippen LogP contribution in [0.2, 0.25) is 0 Å². The van der Waals surface area contributed by atoms with Crippen LogP contribution in [0.15, 0.2) is 6.07 Å². The molecule has 2 heterocycles. The van der Waals surface area contributed by atoms with E-state index < -0.39 is 5.66 Å². The van der Waals surface area contributed by atoms with Gasteiger partial charge in [0.1, 0.15) is 5.66 Å². The van der Waals surface area contributed by atoms with Gasteiger partial charge in [-0.25, -0.2) is 0 Å². The lowest BCUT2D eigenvalue weighted by Crippen LogP contribution is -2.52. The van der Waals surface area contributed by atoms with Crippen molar-refractivity contribution in [1.82, 2.24) is 14.8 Å². The van der Waals surface area contributed by atoms with Gasteiger partial charge in [-0.3, -0.25) is 19.8 Å². The standard InChI is InChI=1S/C17H27N3O2/c1-5-19-8-6-7-15(19)10-18-17(4,12-22)20-14(3)9-13(2)16(20)11-21/h9,11-12,15,18H,5-8,10H2,1-4H3. The van der Waals surface area contributed by atoms with Gasteiger partial charge in [-0.15, -0.1) is 0 Å². The topological polar surface area (TPSA) is 54.3 Å². The van der Waals surface area contributed by atoms with E-state index in [1.807, 2.05) is 31.4 Å². The number of likely N-dealkylation sites (tertiary alicyclic amines) is 1. The van der Waals surface area contributed by atoms with E-state index in [4.69, 9.17) is 0 Å². The Balaban J connectivity index is 2.22. The lowest BCUT2D eigenvalue weighted by molar-refractivity contribution is -0.116. The quantitative estimate of drug-likeness (QED) is 0.781. The Morgan fingerprint density at radius 1 is 1.41 bits per heavy atom. The molecule has 1 fully saturated rings. The van der Waals surface area contributed by atoms with E-state index in [9.17, 15) is 9.59 Å². The van der Waals surface area contributed by atoms with Gasteiger partial charge in [0.25, 0.3) is 0 Å². The molecule has 2 atom stereocenters. The van der Waals surface area contributed by atoms with Gasteiger partial charge in [-0.1, -0.05) is 6.92 Å². The highest BCUT2D eigenvalue weighted by atomic mass is 16.1.